The van der Waals surface area contributed by atoms with Gasteiger partial charge in [-0.25, -0.2) is 0 Å². The summed E-state index contributed by atoms with van der Waals surface area (Å²) in [4.78, 5) is 4.08. The summed E-state index contributed by atoms with van der Waals surface area (Å²) in [5.41, 5.74) is 0.432. The average Bonchev–Trinajstić information content (AvgIpc) is 2.79. The predicted octanol–water partition coefficient (Wildman–Crippen LogP) is 3.09. The van der Waals surface area contributed by atoms with Crippen molar-refractivity contribution in [2.75, 3.05) is 6.26 Å². The minimum atomic E-state index is -0.233. The van der Waals surface area contributed by atoms with Gasteiger partial charge in [-0.2, -0.15) is 9.36 Å². The predicted molar refractivity (Wildman–Crippen MR) is 65.6 cm³/mol. The Morgan fingerprint density at radius 3 is 2.71 bits per heavy atom. The van der Waals surface area contributed by atoms with E-state index in [2.05, 4.69) is 19.6 Å². The molecule has 0 aliphatic heterocycles. The molecule has 0 atom stereocenters. The second-order valence-corrected chi connectivity index (χ2v) is 4.44. The van der Waals surface area contributed by atoms with E-state index < -0.39 is 0 Å². The summed E-state index contributed by atoms with van der Waals surface area (Å²) in [6.45, 7) is 0. The number of nitrogens with zero attached hydrogens (tertiary/aromatic N) is 4. The molecule has 1 heterocycles. The zero-order chi connectivity index (χ0) is 12.3. The first kappa shape index (κ1) is 11.8. The van der Waals surface area contributed by atoms with E-state index >= 15 is 0 Å². The molecule has 2 rings (SSSR count). The fraction of sp³-hybridized carbons (Fsp3) is 0.111. The number of azo groups is 1. The van der Waals surface area contributed by atoms with Crippen LogP contribution >= 0.6 is 23.3 Å². The average molecular weight is 268 g/mol. The second kappa shape index (κ2) is 5.11. The van der Waals surface area contributed by atoms with Crippen LogP contribution in [-0.2, 0) is 0 Å². The van der Waals surface area contributed by atoms with Crippen molar-refractivity contribution in [2.24, 2.45) is 10.2 Å². The van der Waals surface area contributed by atoms with Crippen molar-refractivity contribution in [3.05, 3.63) is 18.2 Å². The molecule has 17 heavy (non-hydrogen) atoms. The molecule has 0 amide bonds. The zero-order valence-corrected chi connectivity index (χ0v) is 10.4. The molecule has 0 aliphatic carbocycles. The lowest BCUT2D eigenvalue weighted by molar-refractivity contribution is 0.404. The SMILES string of the molecule is CSc1nsc(/N=N/c2ccc(O)c(O)c2)n1. The highest BCUT2D eigenvalue weighted by atomic mass is 32.2. The summed E-state index contributed by atoms with van der Waals surface area (Å²) in [5, 5.41) is 27.2. The lowest BCUT2D eigenvalue weighted by atomic mass is 10.3. The third-order valence-corrected chi connectivity index (χ3v) is 3.05. The van der Waals surface area contributed by atoms with Crippen molar-refractivity contribution >= 4 is 34.1 Å². The Hall–Kier alpha value is -1.67. The number of aromatic hydroxyl groups is 2. The topological polar surface area (TPSA) is 91.0 Å². The van der Waals surface area contributed by atoms with Crippen LogP contribution in [0, 0.1) is 0 Å². The fourth-order valence-corrected chi connectivity index (χ4v) is 2.05. The summed E-state index contributed by atoms with van der Waals surface area (Å²) in [5.74, 6) is -0.423. The highest BCUT2D eigenvalue weighted by Gasteiger charge is 2.02. The third kappa shape index (κ3) is 2.92. The molecular weight excluding hydrogens is 260 g/mol. The second-order valence-electron chi connectivity index (χ2n) is 2.94. The number of thioether (sulfide) groups is 1. The maximum Gasteiger partial charge on any atom is 0.250 e. The number of hydrogen-bond acceptors (Lipinski definition) is 8. The zero-order valence-electron chi connectivity index (χ0n) is 8.73. The molecule has 0 unspecified atom stereocenters. The van der Waals surface area contributed by atoms with Crippen LogP contribution in [0.4, 0.5) is 10.8 Å². The quantitative estimate of drug-likeness (QED) is 0.507. The number of hydrogen-bond donors (Lipinski definition) is 2. The smallest absolute Gasteiger partial charge is 0.250 e. The minimum absolute atomic E-state index is 0.190. The highest BCUT2D eigenvalue weighted by Crippen LogP contribution is 2.30. The van der Waals surface area contributed by atoms with Gasteiger partial charge in [0.25, 0.3) is 0 Å². The van der Waals surface area contributed by atoms with Gasteiger partial charge in [0.05, 0.1) is 5.69 Å². The summed E-state index contributed by atoms with van der Waals surface area (Å²) >= 11 is 2.58. The third-order valence-electron chi connectivity index (χ3n) is 1.79. The van der Waals surface area contributed by atoms with E-state index in [1.54, 1.807) is 0 Å². The van der Waals surface area contributed by atoms with Crippen LogP contribution in [0.3, 0.4) is 0 Å². The Morgan fingerprint density at radius 1 is 1.24 bits per heavy atom. The van der Waals surface area contributed by atoms with Gasteiger partial charge in [-0.05, 0) is 18.4 Å². The van der Waals surface area contributed by atoms with Gasteiger partial charge in [0.15, 0.2) is 11.5 Å². The fourth-order valence-electron chi connectivity index (χ4n) is 1.00. The summed E-state index contributed by atoms with van der Waals surface area (Å²) in [6.07, 6.45) is 1.88. The molecule has 0 radical (unpaired) electrons. The molecule has 0 bridgehead atoms. The maximum absolute atomic E-state index is 9.26. The minimum Gasteiger partial charge on any atom is -0.504 e. The monoisotopic (exact) mass is 268 g/mol. The molecule has 1 aromatic carbocycles. The summed E-state index contributed by atoms with van der Waals surface area (Å²) in [6, 6.07) is 4.20. The van der Waals surface area contributed by atoms with Crippen LogP contribution < -0.4 is 0 Å². The van der Waals surface area contributed by atoms with Crippen LogP contribution in [0.2, 0.25) is 0 Å². The van der Waals surface area contributed by atoms with E-state index in [1.807, 2.05) is 6.26 Å². The van der Waals surface area contributed by atoms with Crippen LogP contribution in [0.1, 0.15) is 0 Å². The number of phenols is 2. The van der Waals surface area contributed by atoms with Crippen LogP contribution in [0.25, 0.3) is 0 Å². The molecule has 8 heteroatoms. The molecule has 2 aromatic rings. The molecule has 1 aromatic heterocycles. The lowest BCUT2D eigenvalue weighted by Crippen LogP contribution is -1.69. The number of aromatic nitrogens is 2. The Morgan fingerprint density at radius 2 is 2.06 bits per heavy atom. The van der Waals surface area contributed by atoms with E-state index in [-0.39, 0.29) is 11.5 Å². The van der Waals surface area contributed by atoms with Crippen LogP contribution in [-0.4, -0.2) is 25.8 Å². The maximum atomic E-state index is 9.26. The molecule has 0 aliphatic rings. The molecule has 2 N–H and O–H groups in total. The Labute approximate surface area is 105 Å². The van der Waals surface area contributed by atoms with Gasteiger partial charge in [0, 0.05) is 17.6 Å². The first-order valence-corrected chi connectivity index (χ1v) is 6.50. The van der Waals surface area contributed by atoms with E-state index in [9.17, 15) is 5.11 Å². The first-order valence-electron chi connectivity index (χ1n) is 4.50. The van der Waals surface area contributed by atoms with Gasteiger partial charge < -0.3 is 10.2 Å². The van der Waals surface area contributed by atoms with Crippen molar-refractivity contribution < 1.29 is 10.2 Å². The van der Waals surface area contributed by atoms with E-state index in [1.165, 1.54) is 30.0 Å². The number of benzene rings is 1. The van der Waals surface area contributed by atoms with Gasteiger partial charge in [0.1, 0.15) is 0 Å². The van der Waals surface area contributed by atoms with Gasteiger partial charge in [-0.15, -0.1) is 10.2 Å². The molecule has 0 saturated heterocycles. The molecular formula is C9H8N4O2S2. The Bertz CT molecular complexity index is 556. The summed E-state index contributed by atoms with van der Waals surface area (Å²) < 4.78 is 4.03. The molecule has 0 saturated carbocycles. The van der Waals surface area contributed by atoms with Gasteiger partial charge >= 0.3 is 0 Å². The Kier molecular flexibility index (Phi) is 3.55. The number of rotatable bonds is 3. The van der Waals surface area contributed by atoms with Crippen molar-refractivity contribution in [1.29, 1.82) is 0 Å². The standard InChI is InChI=1S/C9H8N4O2S2/c1-16-9-10-8(17-13-9)12-11-5-2-3-6(14)7(15)4-5/h2-4,14-15H,1H3/b12-11+. The largest absolute Gasteiger partial charge is 0.504 e. The van der Waals surface area contributed by atoms with Gasteiger partial charge in [0.2, 0.25) is 10.3 Å². The first-order chi connectivity index (χ1) is 8.19. The van der Waals surface area contributed by atoms with Crippen LogP contribution in [0.15, 0.2) is 33.6 Å². The summed E-state index contributed by atoms with van der Waals surface area (Å²) in [7, 11) is 0. The van der Waals surface area contributed by atoms with Crippen LogP contribution in [0.5, 0.6) is 11.5 Å². The molecule has 0 spiro atoms. The normalized spacial score (nSPS) is 11.1. The van der Waals surface area contributed by atoms with E-state index in [0.717, 1.165) is 11.5 Å². The highest BCUT2D eigenvalue weighted by molar-refractivity contribution is 7.98. The van der Waals surface area contributed by atoms with Crippen molar-refractivity contribution in [3.63, 3.8) is 0 Å². The molecule has 0 fully saturated rings. The lowest BCUT2D eigenvalue weighted by Gasteiger charge is -1.96. The van der Waals surface area contributed by atoms with E-state index in [4.69, 9.17) is 5.11 Å². The number of phenolic OH excluding ortho intramolecular Hbond substituents is 2. The Balaban J connectivity index is 2.16. The van der Waals surface area contributed by atoms with Crippen molar-refractivity contribution in [3.8, 4) is 11.5 Å². The molecule has 6 nitrogen and oxygen atoms in total. The van der Waals surface area contributed by atoms with E-state index in [0.29, 0.717) is 16.0 Å². The molecule has 88 valence electrons. The van der Waals surface area contributed by atoms with Gasteiger partial charge in [-0.3, -0.25) is 0 Å². The van der Waals surface area contributed by atoms with Crippen molar-refractivity contribution in [2.45, 2.75) is 5.16 Å². The van der Waals surface area contributed by atoms with Crippen molar-refractivity contribution in [1.82, 2.24) is 9.36 Å². The van der Waals surface area contributed by atoms with Gasteiger partial charge in [-0.1, -0.05) is 11.8 Å².